The highest BCUT2D eigenvalue weighted by Crippen LogP contribution is 2.25. The number of nitrogens with two attached hydrogens (primary N) is 1. The number of piperidine rings is 1. The van der Waals surface area contributed by atoms with E-state index in [0.29, 0.717) is 18.9 Å². The van der Waals surface area contributed by atoms with Gasteiger partial charge in [0.25, 0.3) is 0 Å². The molecule has 1 fully saturated rings. The number of anilines is 1. The summed E-state index contributed by atoms with van der Waals surface area (Å²) in [6, 6.07) is 5.32. The Bertz CT molecular complexity index is 428. The summed E-state index contributed by atoms with van der Waals surface area (Å²) in [7, 11) is 4.24. The van der Waals surface area contributed by atoms with Gasteiger partial charge in [-0.1, -0.05) is 6.07 Å². The summed E-state index contributed by atoms with van der Waals surface area (Å²) < 4.78 is 13.9. The summed E-state index contributed by atoms with van der Waals surface area (Å²) in [4.78, 5) is 4.57. The third kappa shape index (κ3) is 3.70. The first-order chi connectivity index (χ1) is 9.61. The molecular weight excluding hydrogens is 253 g/mol. The second kappa shape index (κ2) is 7.04. The average molecular weight is 279 g/mol. The van der Waals surface area contributed by atoms with Crippen molar-refractivity contribution in [3.05, 3.63) is 29.6 Å². The molecule has 1 saturated heterocycles. The molecule has 1 aromatic carbocycles. The van der Waals surface area contributed by atoms with Gasteiger partial charge in [0.2, 0.25) is 0 Å². The molecule has 0 aromatic heterocycles. The van der Waals surface area contributed by atoms with Crippen molar-refractivity contribution < 1.29 is 4.39 Å². The van der Waals surface area contributed by atoms with Gasteiger partial charge in [-0.05, 0) is 64.0 Å². The number of hydrogen-bond acceptors (Lipinski definition) is 3. The highest BCUT2D eigenvalue weighted by molar-refractivity contribution is 5.54. The molecule has 0 saturated carbocycles. The molecule has 20 heavy (non-hydrogen) atoms. The predicted octanol–water partition coefficient (Wildman–Crippen LogP) is 2.10. The maximum absolute atomic E-state index is 13.9. The maximum atomic E-state index is 13.9. The number of likely N-dealkylation sites (tertiary alicyclic amines) is 1. The molecule has 0 bridgehead atoms. The molecule has 0 amide bonds. The lowest BCUT2D eigenvalue weighted by molar-refractivity contribution is 0.222. The zero-order valence-electron chi connectivity index (χ0n) is 12.6. The minimum atomic E-state index is -0.136. The fraction of sp³-hybridized carbons (Fsp3) is 0.625. The van der Waals surface area contributed by atoms with Crippen molar-refractivity contribution in [3.8, 4) is 0 Å². The van der Waals surface area contributed by atoms with E-state index >= 15 is 0 Å². The van der Waals surface area contributed by atoms with E-state index in [4.69, 9.17) is 5.73 Å². The van der Waals surface area contributed by atoms with E-state index in [1.165, 1.54) is 18.9 Å². The van der Waals surface area contributed by atoms with Crippen LogP contribution in [0.1, 0.15) is 18.4 Å². The maximum Gasteiger partial charge on any atom is 0.128 e. The van der Waals surface area contributed by atoms with E-state index in [9.17, 15) is 4.39 Å². The number of hydrogen-bond donors (Lipinski definition) is 1. The second-order valence-electron chi connectivity index (χ2n) is 5.90. The monoisotopic (exact) mass is 279 g/mol. The predicted molar refractivity (Wildman–Crippen MR) is 82.6 cm³/mol. The summed E-state index contributed by atoms with van der Waals surface area (Å²) in [5.74, 6) is 0.563. The minimum absolute atomic E-state index is 0.136. The van der Waals surface area contributed by atoms with Crippen molar-refractivity contribution in [2.75, 3.05) is 45.2 Å². The van der Waals surface area contributed by atoms with Gasteiger partial charge in [-0.25, -0.2) is 4.39 Å². The first-order valence-corrected chi connectivity index (χ1v) is 7.49. The Labute approximate surface area is 121 Å². The van der Waals surface area contributed by atoms with Gasteiger partial charge < -0.3 is 15.5 Å². The first-order valence-electron chi connectivity index (χ1n) is 7.49. The van der Waals surface area contributed by atoms with Crippen molar-refractivity contribution in [3.63, 3.8) is 0 Å². The highest BCUT2D eigenvalue weighted by atomic mass is 19.1. The molecule has 112 valence electrons. The van der Waals surface area contributed by atoms with Crippen LogP contribution < -0.4 is 10.6 Å². The number of halogens is 1. The topological polar surface area (TPSA) is 32.5 Å². The molecule has 1 aliphatic heterocycles. The van der Waals surface area contributed by atoms with Crippen LogP contribution in [0, 0.1) is 11.7 Å². The zero-order chi connectivity index (χ0) is 14.5. The Morgan fingerprint density at radius 3 is 2.70 bits per heavy atom. The molecule has 4 heteroatoms. The lowest BCUT2D eigenvalue weighted by atomic mass is 9.96. The van der Waals surface area contributed by atoms with Crippen molar-refractivity contribution in [1.29, 1.82) is 0 Å². The zero-order valence-corrected chi connectivity index (χ0v) is 12.6. The first kappa shape index (κ1) is 15.3. The van der Waals surface area contributed by atoms with Crippen molar-refractivity contribution in [2.45, 2.75) is 19.3 Å². The van der Waals surface area contributed by atoms with Crippen LogP contribution in [0.5, 0.6) is 0 Å². The van der Waals surface area contributed by atoms with Gasteiger partial charge in [-0.15, -0.1) is 0 Å². The molecule has 1 heterocycles. The van der Waals surface area contributed by atoms with Gasteiger partial charge in [0.05, 0.1) is 0 Å². The van der Waals surface area contributed by atoms with Crippen LogP contribution in [0.2, 0.25) is 0 Å². The highest BCUT2D eigenvalue weighted by Gasteiger charge is 2.20. The Kier molecular flexibility index (Phi) is 5.38. The van der Waals surface area contributed by atoms with Gasteiger partial charge in [0.1, 0.15) is 5.82 Å². The summed E-state index contributed by atoms with van der Waals surface area (Å²) in [5, 5.41) is 0. The van der Waals surface area contributed by atoms with E-state index < -0.39 is 0 Å². The summed E-state index contributed by atoms with van der Waals surface area (Å²) in [5.41, 5.74) is 7.36. The quantitative estimate of drug-likeness (QED) is 0.896. The molecular formula is C16H26FN3. The van der Waals surface area contributed by atoms with E-state index in [1.807, 2.05) is 6.07 Å². The molecule has 2 N–H and O–H groups in total. The molecule has 0 radical (unpaired) electrons. The van der Waals surface area contributed by atoms with Crippen molar-refractivity contribution in [1.82, 2.24) is 4.90 Å². The standard InChI is InChI=1S/C16H26FN3/c1-19-10-7-13(8-11-19)12-20(2)16-5-3-4-15(17)14(16)6-9-18/h3-5,13H,6-12,18H2,1-2H3. The number of benzene rings is 1. The van der Waals surface area contributed by atoms with Crippen LogP contribution in [-0.2, 0) is 6.42 Å². The Morgan fingerprint density at radius 2 is 2.05 bits per heavy atom. The minimum Gasteiger partial charge on any atom is -0.374 e. The fourth-order valence-electron chi connectivity index (χ4n) is 3.03. The van der Waals surface area contributed by atoms with E-state index in [2.05, 4.69) is 23.9 Å². The molecule has 0 atom stereocenters. The molecule has 0 aliphatic carbocycles. The van der Waals surface area contributed by atoms with Crippen LogP contribution in [0.25, 0.3) is 0 Å². The van der Waals surface area contributed by atoms with Crippen molar-refractivity contribution >= 4 is 5.69 Å². The van der Waals surface area contributed by atoms with Gasteiger partial charge >= 0.3 is 0 Å². The second-order valence-corrected chi connectivity index (χ2v) is 5.90. The molecule has 3 nitrogen and oxygen atoms in total. The number of nitrogens with zero attached hydrogens (tertiary/aromatic N) is 2. The molecule has 2 rings (SSSR count). The van der Waals surface area contributed by atoms with Crippen LogP contribution in [0.4, 0.5) is 10.1 Å². The van der Waals surface area contributed by atoms with E-state index in [0.717, 1.165) is 30.9 Å². The van der Waals surface area contributed by atoms with Crippen LogP contribution in [0.15, 0.2) is 18.2 Å². The molecule has 1 aliphatic rings. The smallest absolute Gasteiger partial charge is 0.128 e. The Hall–Kier alpha value is -1.13. The van der Waals surface area contributed by atoms with Crippen LogP contribution in [0.3, 0.4) is 0 Å². The molecule has 0 spiro atoms. The third-order valence-electron chi connectivity index (χ3n) is 4.27. The summed E-state index contributed by atoms with van der Waals surface area (Å²) in [6.45, 7) is 3.81. The summed E-state index contributed by atoms with van der Waals surface area (Å²) in [6.07, 6.45) is 3.05. The lowest BCUT2D eigenvalue weighted by Gasteiger charge is -2.33. The fourth-order valence-corrected chi connectivity index (χ4v) is 3.03. The van der Waals surface area contributed by atoms with Gasteiger partial charge in [-0.3, -0.25) is 0 Å². The van der Waals surface area contributed by atoms with E-state index in [-0.39, 0.29) is 5.82 Å². The van der Waals surface area contributed by atoms with Gasteiger partial charge in [-0.2, -0.15) is 0 Å². The Morgan fingerprint density at radius 1 is 1.35 bits per heavy atom. The normalized spacial score (nSPS) is 17.4. The van der Waals surface area contributed by atoms with Crippen molar-refractivity contribution in [2.24, 2.45) is 11.7 Å². The molecule has 1 aromatic rings. The van der Waals surface area contributed by atoms with Crippen LogP contribution >= 0.6 is 0 Å². The summed E-state index contributed by atoms with van der Waals surface area (Å²) >= 11 is 0. The SMILES string of the molecule is CN1CCC(CN(C)c2cccc(F)c2CCN)CC1. The Balaban J connectivity index is 2.05. The van der Waals surface area contributed by atoms with Gasteiger partial charge in [0.15, 0.2) is 0 Å². The third-order valence-corrected chi connectivity index (χ3v) is 4.27. The lowest BCUT2D eigenvalue weighted by Crippen LogP contribution is -2.36. The van der Waals surface area contributed by atoms with Gasteiger partial charge in [0, 0.05) is 24.8 Å². The largest absolute Gasteiger partial charge is 0.374 e. The average Bonchev–Trinajstić information content (AvgIpc) is 2.43. The number of rotatable bonds is 5. The molecule has 0 unspecified atom stereocenters. The van der Waals surface area contributed by atoms with Crippen LogP contribution in [-0.4, -0.2) is 45.2 Å². The van der Waals surface area contributed by atoms with E-state index in [1.54, 1.807) is 6.07 Å².